The van der Waals surface area contributed by atoms with Crippen molar-refractivity contribution in [3.63, 3.8) is 0 Å². The Morgan fingerprint density at radius 2 is 1.72 bits per heavy atom. The Morgan fingerprint density at radius 3 is 2.28 bits per heavy atom. The second-order valence-electron chi connectivity index (χ2n) is 4.35. The van der Waals surface area contributed by atoms with Gasteiger partial charge in [-0.1, -0.05) is 6.92 Å². The van der Waals surface area contributed by atoms with Gasteiger partial charge in [-0.15, -0.1) is 0 Å². The van der Waals surface area contributed by atoms with Crippen LogP contribution in [-0.4, -0.2) is 11.8 Å². The van der Waals surface area contributed by atoms with Crippen LogP contribution >= 0.6 is 15.9 Å². The number of halogens is 3. The molecule has 0 saturated carbocycles. The van der Waals surface area contributed by atoms with Gasteiger partial charge in [0.15, 0.2) is 0 Å². The van der Waals surface area contributed by atoms with Crippen LogP contribution in [0.2, 0.25) is 0 Å². The third kappa shape index (κ3) is 2.29. The van der Waals surface area contributed by atoms with Gasteiger partial charge in [-0.2, -0.15) is 0 Å². The molecule has 96 valence electrons. The summed E-state index contributed by atoms with van der Waals surface area (Å²) in [5.74, 6) is -2.59. The predicted octanol–water partition coefficient (Wildman–Crippen LogP) is 3.02. The van der Waals surface area contributed by atoms with Crippen LogP contribution < -0.4 is 4.90 Å². The molecule has 0 aromatic heterocycles. The van der Waals surface area contributed by atoms with Crippen molar-refractivity contribution in [2.45, 2.75) is 19.8 Å². The first-order valence-corrected chi connectivity index (χ1v) is 6.19. The summed E-state index contributed by atoms with van der Waals surface area (Å²) in [5.41, 5.74) is -0.322. The molecule has 0 bridgehead atoms. The maximum atomic E-state index is 13.7. The normalized spacial score (nSPS) is 17.4. The molecule has 18 heavy (non-hydrogen) atoms. The zero-order valence-corrected chi connectivity index (χ0v) is 11.1. The van der Waals surface area contributed by atoms with Crippen molar-refractivity contribution >= 4 is 33.4 Å². The maximum Gasteiger partial charge on any atom is 0.234 e. The summed E-state index contributed by atoms with van der Waals surface area (Å²) in [6.07, 6.45) is 0.311. The lowest BCUT2D eigenvalue weighted by Crippen LogP contribution is -2.43. The van der Waals surface area contributed by atoms with Crippen LogP contribution in [0.15, 0.2) is 16.6 Å². The predicted molar refractivity (Wildman–Crippen MR) is 64.9 cm³/mol. The van der Waals surface area contributed by atoms with E-state index >= 15 is 0 Å². The molecule has 6 heteroatoms. The number of piperidine rings is 1. The lowest BCUT2D eigenvalue weighted by Gasteiger charge is -2.28. The van der Waals surface area contributed by atoms with E-state index in [2.05, 4.69) is 15.9 Å². The summed E-state index contributed by atoms with van der Waals surface area (Å²) in [7, 11) is 0. The molecule has 0 atom stereocenters. The van der Waals surface area contributed by atoms with E-state index in [1.807, 2.05) is 0 Å². The van der Waals surface area contributed by atoms with Crippen LogP contribution in [0.5, 0.6) is 0 Å². The first kappa shape index (κ1) is 13.1. The fourth-order valence-electron chi connectivity index (χ4n) is 1.94. The topological polar surface area (TPSA) is 37.4 Å². The molecule has 0 aliphatic carbocycles. The molecule has 1 aliphatic rings. The molecule has 0 radical (unpaired) electrons. The number of carbonyl (C=O) groups excluding carboxylic acids is 2. The molecule has 1 aromatic rings. The van der Waals surface area contributed by atoms with E-state index in [0.717, 1.165) is 17.0 Å². The zero-order valence-electron chi connectivity index (χ0n) is 9.54. The minimum Gasteiger partial charge on any atom is -0.274 e. The van der Waals surface area contributed by atoms with Crippen molar-refractivity contribution in [1.29, 1.82) is 0 Å². The van der Waals surface area contributed by atoms with Crippen LogP contribution in [0.25, 0.3) is 0 Å². The van der Waals surface area contributed by atoms with E-state index in [4.69, 9.17) is 0 Å². The van der Waals surface area contributed by atoms with Gasteiger partial charge in [0, 0.05) is 18.9 Å². The standard InChI is InChI=1S/C12H10BrF2NO2/c1-6-2-11(17)16(12(18)3-6)10-5-8(14)7(13)4-9(10)15/h4-6H,2-3H2,1H3. The van der Waals surface area contributed by atoms with Crippen LogP contribution in [0.3, 0.4) is 0 Å². The highest BCUT2D eigenvalue weighted by atomic mass is 79.9. The molecule has 1 saturated heterocycles. The third-order valence-corrected chi connectivity index (χ3v) is 3.38. The van der Waals surface area contributed by atoms with Gasteiger partial charge in [0.25, 0.3) is 0 Å². The molecule has 1 aliphatic heterocycles. The van der Waals surface area contributed by atoms with E-state index in [1.54, 1.807) is 6.92 Å². The SMILES string of the molecule is CC1CC(=O)N(c2cc(F)c(Br)cc2F)C(=O)C1. The Hall–Kier alpha value is -1.30. The molecule has 1 fully saturated rings. The Balaban J connectivity index is 2.45. The fourth-order valence-corrected chi connectivity index (χ4v) is 2.26. The molecule has 2 amide bonds. The monoisotopic (exact) mass is 317 g/mol. The molecule has 3 nitrogen and oxygen atoms in total. The van der Waals surface area contributed by atoms with Gasteiger partial charge in [-0.05, 0) is 27.9 Å². The number of rotatable bonds is 1. The zero-order chi connectivity index (χ0) is 13.4. The lowest BCUT2D eigenvalue weighted by molar-refractivity contribution is -0.130. The number of hydrogen-bond acceptors (Lipinski definition) is 2. The molecule has 2 rings (SSSR count). The minimum absolute atomic E-state index is 0.0472. The molecule has 0 N–H and O–H groups in total. The Morgan fingerprint density at radius 1 is 1.17 bits per heavy atom. The summed E-state index contributed by atoms with van der Waals surface area (Å²) in [6.45, 7) is 1.77. The van der Waals surface area contributed by atoms with Gasteiger partial charge in [0.2, 0.25) is 11.8 Å². The van der Waals surface area contributed by atoms with Crippen molar-refractivity contribution in [1.82, 2.24) is 0 Å². The minimum atomic E-state index is -0.806. The summed E-state index contributed by atoms with van der Waals surface area (Å²) in [6, 6.07) is 1.76. The summed E-state index contributed by atoms with van der Waals surface area (Å²) >= 11 is 2.84. The van der Waals surface area contributed by atoms with Crippen LogP contribution in [0, 0.1) is 17.6 Å². The van der Waals surface area contributed by atoms with Gasteiger partial charge < -0.3 is 0 Å². The van der Waals surface area contributed by atoms with E-state index in [9.17, 15) is 18.4 Å². The average Bonchev–Trinajstić information content (AvgIpc) is 2.24. The second-order valence-corrected chi connectivity index (χ2v) is 5.21. The van der Waals surface area contributed by atoms with Crippen LogP contribution in [0.1, 0.15) is 19.8 Å². The van der Waals surface area contributed by atoms with Gasteiger partial charge in [-0.25, -0.2) is 13.7 Å². The highest BCUT2D eigenvalue weighted by Crippen LogP contribution is 2.30. The number of amides is 2. The van der Waals surface area contributed by atoms with Gasteiger partial charge >= 0.3 is 0 Å². The van der Waals surface area contributed by atoms with Crippen molar-refractivity contribution in [3.05, 3.63) is 28.2 Å². The number of anilines is 1. The lowest BCUT2D eigenvalue weighted by atomic mass is 9.97. The number of benzene rings is 1. The van der Waals surface area contributed by atoms with Crippen LogP contribution in [-0.2, 0) is 9.59 Å². The summed E-state index contributed by atoms with van der Waals surface area (Å²) < 4.78 is 27.1. The Kier molecular flexibility index (Phi) is 3.47. The van der Waals surface area contributed by atoms with Crippen LogP contribution in [0.4, 0.5) is 14.5 Å². The van der Waals surface area contributed by atoms with E-state index < -0.39 is 23.4 Å². The van der Waals surface area contributed by atoms with E-state index in [-0.39, 0.29) is 28.9 Å². The van der Waals surface area contributed by atoms with Crippen molar-refractivity contribution < 1.29 is 18.4 Å². The molecular weight excluding hydrogens is 308 g/mol. The Labute approximate surface area is 111 Å². The Bertz CT molecular complexity index is 515. The first-order valence-electron chi connectivity index (χ1n) is 5.40. The number of nitrogens with zero attached hydrogens (tertiary/aromatic N) is 1. The smallest absolute Gasteiger partial charge is 0.234 e. The number of imide groups is 1. The van der Waals surface area contributed by atoms with E-state index in [1.165, 1.54) is 0 Å². The van der Waals surface area contributed by atoms with Crippen molar-refractivity contribution in [3.8, 4) is 0 Å². The first-order chi connectivity index (χ1) is 8.40. The quantitative estimate of drug-likeness (QED) is 0.590. The van der Waals surface area contributed by atoms with Gasteiger partial charge in [-0.3, -0.25) is 9.59 Å². The highest BCUT2D eigenvalue weighted by molar-refractivity contribution is 9.10. The van der Waals surface area contributed by atoms with Gasteiger partial charge in [0.05, 0.1) is 10.2 Å². The highest BCUT2D eigenvalue weighted by Gasteiger charge is 2.33. The maximum absolute atomic E-state index is 13.7. The summed E-state index contributed by atoms with van der Waals surface area (Å²) in [4.78, 5) is 24.3. The average molecular weight is 318 g/mol. The third-order valence-electron chi connectivity index (χ3n) is 2.78. The fraction of sp³-hybridized carbons (Fsp3) is 0.333. The largest absolute Gasteiger partial charge is 0.274 e. The summed E-state index contributed by atoms with van der Waals surface area (Å²) in [5, 5.41) is 0. The molecule has 1 heterocycles. The molecule has 1 aromatic carbocycles. The van der Waals surface area contributed by atoms with Crippen molar-refractivity contribution in [2.24, 2.45) is 5.92 Å². The van der Waals surface area contributed by atoms with E-state index in [0.29, 0.717) is 0 Å². The number of carbonyl (C=O) groups is 2. The van der Waals surface area contributed by atoms with Crippen molar-refractivity contribution in [2.75, 3.05) is 4.90 Å². The molecular formula is C12H10BrF2NO2. The second kappa shape index (κ2) is 4.76. The number of hydrogen-bond donors (Lipinski definition) is 0. The molecule has 0 unspecified atom stereocenters. The molecule has 0 spiro atoms. The van der Waals surface area contributed by atoms with Gasteiger partial charge in [0.1, 0.15) is 11.6 Å².